The van der Waals surface area contributed by atoms with Crippen LogP contribution in [0.2, 0.25) is 5.04 Å². The summed E-state index contributed by atoms with van der Waals surface area (Å²) in [7, 11) is -2.97. The quantitative estimate of drug-likeness (QED) is 0.514. The molecule has 0 bridgehead atoms. The fourth-order valence-corrected chi connectivity index (χ4v) is 4.46. The molecule has 0 heterocycles. The molecule has 0 aliphatic carbocycles. The topological polar surface area (TPSA) is 38.7 Å². The van der Waals surface area contributed by atoms with Crippen molar-refractivity contribution in [2.75, 3.05) is 13.2 Å². The van der Waals surface area contributed by atoms with Crippen molar-refractivity contribution in [1.82, 2.24) is 0 Å². The van der Waals surface area contributed by atoms with Crippen LogP contribution in [0.5, 0.6) is 0 Å². The second-order valence-corrected chi connectivity index (χ2v) is 9.99. The molecule has 0 rings (SSSR count). The van der Waals surface area contributed by atoms with E-state index < -0.39 is 8.56 Å². The van der Waals surface area contributed by atoms with E-state index in [-0.39, 0.29) is 10.8 Å². The highest BCUT2D eigenvalue weighted by Gasteiger charge is 2.51. The van der Waals surface area contributed by atoms with Gasteiger partial charge in [-0.25, -0.2) is 0 Å². The number of rotatable bonds is 9. The van der Waals surface area contributed by atoms with Crippen molar-refractivity contribution < 1.29 is 14.0 Å². The molecule has 0 aliphatic heterocycles. The molecule has 2 unspecified atom stereocenters. The highest BCUT2D eigenvalue weighted by atomic mass is 28.4. The third-order valence-corrected chi connectivity index (χ3v) is 7.30. The lowest BCUT2D eigenvalue weighted by Crippen LogP contribution is -2.57. The number of allylic oxidation sites excluding steroid dienone is 2. The van der Waals surface area contributed by atoms with E-state index in [1.54, 1.807) is 0 Å². The van der Waals surface area contributed by atoms with Crippen molar-refractivity contribution in [2.45, 2.75) is 65.1 Å². The van der Waals surface area contributed by atoms with Gasteiger partial charge in [0.1, 0.15) is 0 Å². The van der Waals surface area contributed by atoms with Crippen LogP contribution in [-0.2, 0) is 9.16 Å². The molecule has 0 saturated heterocycles. The maximum Gasteiger partial charge on any atom is 0.370 e. The maximum absolute atomic E-state index is 11.0. The molecule has 0 radical (unpaired) electrons. The van der Waals surface area contributed by atoms with Gasteiger partial charge in [0, 0.05) is 5.04 Å². The van der Waals surface area contributed by atoms with Crippen molar-refractivity contribution in [2.24, 2.45) is 0 Å². The van der Waals surface area contributed by atoms with Gasteiger partial charge >= 0.3 is 8.56 Å². The van der Waals surface area contributed by atoms with Gasteiger partial charge < -0.3 is 14.0 Å². The van der Waals surface area contributed by atoms with Crippen LogP contribution in [-0.4, -0.2) is 32.3 Å². The van der Waals surface area contributed by atoms with Crippen molar-refractivity contribution in [3.63, 3.8) is 0 Å². The lowest BCUT2D eigenvalue weighted by atomic mass is 10.2. The lowest BCUT2D eigenvalue weighted by molar-refractivity contribution is 0.0794. The van der Waals surface area contributed by atoms with E-state index in [0.717, 1.165) is 12.8 Å². The molecule has 1 N–H and O–H groups in total. The second kappa shape index (κ2) is 9.50. The standard InChI is InChI=1S/C16H32O3Si/c1-7-9-11-13-18-15(3)20(17,16(4,5)6)19-14-12-10-8-2/h9-12,15,17H,7-8,13-14H2,1-6H3/b11-9-,12-10-. The predicted molar refractivity (Wildman–Crippen MR) is 87.9 cm³/mol. The van der Waals surface area contributed by atoms with Crippen LogP contribution in [0.25, 0.3) is 0 Å². The Bertz CT molecular complexity index is 307. The van der Waals surface area contributed by atoms with Gasteiger partial charge in [0.15, 0.2) is 0 Å². The average Bonchev–Trinajstić information content (AvgIpc) is 2.38. The summed E-state index contributed by atoms with van der Waals surface area (Å²) in [5, 5.41) is -0.291. The van der Waals surface area contributed by atoms with Crippen LogP contribution >= 0.6 is 0 Å². The number of ether oxygens (including phenoxy) is 1. The highest BCUT2D eigenvalue weighted by molar-refractivity contribution is 6.70. The van der Waals surface area contributed by atoms with Gasteiger partial charge in [-0.2, -0.15) is 0 Å². The zero-order valence-electron chi connectivity index (χ0n) is 14.0. The minimum Gasteiger partial charge on any atom is -0.409 e. The molecule has 2 atom stereocenters. The van der Waals surface area contributed by atoms with Crippen molar-refractivity contribution in [3.8, 4) is 0 Å². The van der Waals surface area contributed by atoms with Crippen molar-refractivity contribution in [3.05, 3.63) is 24.3 Å². The Labute approximate surface area is 125 Å². The first-order valence-electron chi connectivity index (χ1n) is 7.57. The Morgan fingerprint density at radius 2 is 1.50 bits per heavy atom. The van der Waals surface area contributed by atoms with E-state index in [1.165, 1.54) is 0 Å². The van der Waals surface area contributed by atoms with E-state index in [1.807, 2.05) is 45.9 Å². The molecule has 0 fully saturated rings. The van der Waals surface area contributed by atoms with E-state index in [9.17, 15) is 4.80 Å². The second-order valence-electron chi connectivity index (χ2n) is 5.99. The number of hydrogen-bond acceptors (Lipinski definition) is 3. The molecule has 0 aliphatic rings. The first-order valence-corrected chi connectivity index (χ1v) is 9.50. The van der Waals surface area contributed by atoms with Crippen LogP contribution in [0, 0.1) is 0 Å². The highest BCUT2D eigenvalue weighted by Crippen LogP contribution is 2.38. The molecular weight excluding hydrogens is 268 g/mol. The van der Waals surface area contributed by atoms with E-state index in [2.05, 4.69) is 19.9 Å². The monoisotopic (exact) mass is 300 g/mol. The maximum atomic E-state index is 11.0. The van der Waals surface area contributed by atoms with E-state index in [0.29, 0.717) is 13.2 Å². The molecule has 0 aromatic heterocycles. The molecule has 20 heavy (non-hydrogen) atoms. The normalized spacial score (nSPS) is 17.8. The fourth-order valence-electron chi connectivity index (χ4n) is 1.90. The fraction of sp³-hybridized carbons (Fsp3) is 0.750. The molecule has 3 nitrogen and oxygen atoms in total. The van der Waals surface area contributed by atoms with Gasteiger partial charge in [0.05, 0.1) is 18.9 Å². The molecular formula is C16H32O3Si. The molecule has 0 spiro atoms. The molecule has 0 aromatic carbocycles. The van der Waals surface area contributed by atoms with E-state index >= 15 is 0 Å². The van der Waals surface area contributed by atoms with Crippen molar-refractivity contribution in [1.29, 1.82) is 0 Å². The molecule has 0 amide bonds. The summed E-state index contributed by atoms with van der Waals surface area (Å²) in [6, 6.07) is 0. The van der Waals surface area contributed by atoms with Gasteiger partial charge in [0.2, 0.25) is 0 Å². The third kappa shape index (κ3) is 6.35. The summed E-state index contributed by atoms with van der Waals surface area (Å²) in [5.74, 6) is 0. The molecule has 0 saturated carbocycles. The zero-order valence-corrected chi connectivity index (χ0v) is 15.0. The Hall–Kier alpha value is -0.423. The van der Waals surface area contributed by atoms with Crippen LogP contribution in [0.4, 0.5) is 0 Å². The van der Waals surface area contributed by atoms with E-state index in [4.69, 9.17) is 9.16 Å². The minimum atomic E-state index is -2.97. The Morgan fingerprint density at radius 1 is 1.00 bits per heavy atom. The Kier molecular flexibility index (Phi) is 9.30. The summed E-state index contributed by atoms with van der Waals surface area (Å²) >= 11 is 0. The molecule has 118 valence electrons. The Morgan fingerprint density at radius 3 is 1.95 bits per heavy atom. The Balaban J connectivity index is 4.67. The van der Waals surface area contributed by atoms with Gasteiger partial charge in [-0.15, -0.1) is 0 Å². The predicted octanol–water partition coefficient (Wildman–Crippen LogP) is 4.11. The van der Waals surface area contributed by atoms with Crippen LogP contribution in [0.1, 0.15) is 54.4 Å². The van der Waals surface area contributed by atoms with Crippen molar-refractivity contribution >= 4 is 8.56 Å². The van der Waals surface area contributed by atoms with Gasteiger partial charge in [-0.1, -0.05) is 58.9 Å². The first kappa shape index (κ1) is 19.6. The molecule has 0 aromatic rings. The largest absolute Gasteiger partial charge is 0.409 e. The summed E-state index contributed by atoms with van der Waals surface area (Å²) in [5.41, 5.74) is -0.265. The van der Waals surface area contributed by atoms with Gasteiger partial charge in [-0.05, 0) is 19.8 Å². The smallest absolute Gasteiger partial charge is 0.370 e. The van der Waals surface area contributed by atoms with Crippen LogP contribution < -0.4 is 0 Å². The average molecular weight is 301 g/mol. The molecule has 4 heteroatoms. The van der Waals surface area contributed by atoms with Crippen LogP contribution in [0.3, 0.4) is 0 Å². The third-order valence-electron chi connectivity index (χ3n) is 3.27. The van der Waals surface area contributed by atoms with Gasteiger partial charge in [-0.3, -0.25) is 0 Å². The summed E-state index contributed by atoms with van der Waals surface area (Å²) in [6.45, 7) is 13.1. The summed E-state index contributed by atoms with van der Waals surface area (Å²) in [4.78, 5) is 11.0. The summed E-state index contributed by atoms with van der Waals surface area (Å²) < 4.78 is 11.6. The van der Waals surface area contributed by atoms with Gasteiger partial charge in [0.25, 0.3) is 0 Å². The SMILES string of the molecule is CC/C=C\COC(C)[Si](O)(OC/C=C\CC)C(C)(C)C. The van der Waals surface area contributed by atoms with Crippen LogP contribution in [0.15, 0.2) is 24.3 Å². The minimum absolute atomic E-state index is 0.265. The zero-order chi connectivity index (χ0) is 15.6. The summed E-state index contributed by atoms with van der Waals surface area (Å²) in [6.07, 6.45) is 10.0. The number of hydrogen-bond donors (Lipinski definition) is 1. The first-order chi connectivity index (χ1) is 9.29. The lowest BCUT2D eigenvalue weighted by Gasteiger charge is -2.40.